The maximum absolute atomic E-state index is 13.3. The summed E-state index contributed by atoms with van der Waals surface area (Å²) < 4.78 is 47.8. The van der Waals surface area contributed by atoms with E-state index < -0.39 is 22.1 Å². The van der Waals surface area contributed by atoms with Crippen molar-refractivity contribution in [3.05, 3.63) is 30.1 Å². The molecule has 29 heavy (non-hydrogen) atoms. The lowest BCUT2D eigenvalue weighted by Crippen LogP contribution is -2.58. The topological polar surface area (TPSA) is 82.2 Å². The van der Waals surface area contributed by atoms with Gasteiger partial charge in [0.2, 0.25) is 5.91 Å². The molecular weight excluding hydrogens is 399 g/mol. The Morgan fingerprint density at radius 2 is 1.76 bits per heavy atom. The van der Waals surface area contributed by atoms with Crippen LogP contribution in [0.3, 0.4) is 0 Å². The number of halogens is 1. The van der Waals surface area contributed by atoms with Gasteiger partial charge >= 0.3 is 0 Å². The number of carbonyl (C=O) groups is 1. The van der Waals surface area contributed by atoms with Gasteiger partial charge in [0.25, 0.3) is 10.2 Å². The van der Waals surface area contributed by atoms with Crippen LogP contribution in [0.1, 0.15) is 20.8 Å². The molecule has 1 aromatic carbocycles. The predicted molar refractivity (Wildman–Crippen MR) is 108 cm³/mol. The molecule has 2 aliphatic heterocycles. The predicted octanol–water partition coefficient (Wildman–Crippen LogP) is 1.12. The first kappa shape index (κ1) is 22.1. The first-order chi connectivity index (χ1) is 13.7. The number of hydrogen-bond donors (Lipinski definition) is 1. The third-order valence-electron chi connectivity index (χ3n) is 5.33. The molecule has 3 atom stereocenters. The summed E-state index contributed by atoms with van der Waals surface area (Å²) in [5.74, 6) is -0.663. The Hall–Kier alpha value is -1.59. The molecule has 10 heteroatoms. The van der Waals surface area contributed by atoms with Gasteiger partial charge in [-0.2, -0.15) is 17.0 Å². The van der Waals surface area contributed by atoms with Crippen LogP contribution in [0.25, 0.3) is 0 Å². The molecule has 3 rings (SSSR count). The number of amides is 1. The van der Waals surface area contributed by atoms with Gasteiger partial charge in [-0.3, -0.25) is 9.69 Å². The van der Waals surface area contributed by atoms with E-state index in [4.69, 9.17) is 4.74 Å². The third-order valence-corrected chi connectivity index (χ3v) is 7.30. The molecule has 2 fully saturated rings. The number of carbonyl (C=O) groups excluding carboxylic acids is 1. The number of nitrogens with zero attached hydrogens (tertiary/aromatic N) is 3. The largest absolute Gasteiger partial charge is 0.373 e. The van der Waals surface area contributed by atoms with Crippen molar-refractivity contribution < 1.29 is 22.3 Å². The van der Waals surface area contributed by atoms with Crippen LogP contribution >= 0.6 is 0 Å². The SMILES string of the molecule is C[C@H]1CN(S(=O)(=O)N2CCN([C@@H](C)C(=O)Nc3cccc(F)c3)CC2)C[C@H](C)O1. The Kier molecular flexibility index (Phi) is 6.90. The molecule has 0 radical (unpaired) electrons. The highest BCUT2D eigenvalue weighted by Gasteiger charge is 2.37. The van der Waals surface area contributed by atoms with E-state index in [1.165, 1.54) is 26.8 Å². The van der Waals surface area contributed by atoms with E-state index in [1.807, 2.05) is 18.7 Å². The van der Waals surface area contributed by atoms with Crippen molar-refractivity contribution in [1.82, 2.24) is 13.5 Å². The molecule has 0 aromatic heterocycles. The highest BCUT2D eigenvalue weighted by molar-refractivity contribution is 7.86. The molecule has 2 saturated heterocycles. The smallest absolute Gasteiger partial charge is 0.282 e. The van der Waals surface area contributed by atoms with E-state index >= 15 is 0 Å². The van der Waals surface area contributed by atoms with Gasteiger partial charge in [-0.05, 0) is 39.0 Å². The molecule has 8 nitrogen and oxygen atoms in total. The Balaban J connectivity index is 1.56. The standard InChI is InChI=1S/C19H29FN4O4S/c1-14-12-24(13-15(2)28-14)29(26,27)23-9-7-22(8-10-23)16(3)19(25)21-18-6-4-5-17(20)11-18/h4-6,11,14-16H,7-10,12-13H2,1-3H3,(H,21,25)/t14-,15-,16-/m0/s1. The number of morpholine rings is 1. The van der Waals surface area contributed by atoms with E-state index in [1.54, 1.807) is 13.0 Å². The first-order valence-electron chi connectivity index (χ1n) is 9.88. The van der Waals surface area contributed by atoms with Gasteiger partial charge in [-0.15, -0.1) is 0 Å². The summed E-state index contributed by atoms with van der Waals surface area (Å²) in [5, 5.41) is 2.71. The van der Waals surface area contributed by atoms with Gasteiger partial charge in [0.05, 0.1) is 18.2 Å². The normalized spacial score (nSPS) is 26.2. The van der Waals surface area contributed by atoms with Crippen molar-refractivity contribution in [1.29, 1.82) is 0 Å². The average molecular weight is 429 g/mol. The van der Waals surface area contributed by atoms with Gasteiger partial charge in [0.15, 0.2) is 0 Å². The minimum atomic E-state index is -3.56. The lowest BCUT2D eigenvalue weighted by atomic mass is 10.2. The van der Waals surface area contributed by atoms with Gasteiger partial charge in [-0.1, -0.05) is 6.07 Å². The molecule has 1 amide bonds. The molecule has 162 valence electrons. The minimum absolute atomic E-state index is 0.138. The molecule has 0 spiro atoms. The Labute approximate surface area is 171 Å². The van der Waals surface area contributed by atoms with Gasteiger partial charge < -0.3 is 10.1 Å². The molecule has 0 bridgehead atoms. The molecule has 0 aliphatic carbocycles. The molecule has 2 heterocycles. The number of nitrogens with one attached hydrogen (secondary N) is 1. The average Bonchev–Trinajstić information content (AvgIpc) is 2.66. The van der Waals surface area contributed by atoms with E-state index in [9.17, 15) is 17.6 Å². The van der Waals surface area contributed by atoms with Crippen LogP contribution < -0.4 is 5.32 Å². The van der Waals surface area contributed by atoms with Crippen molar-refractivity contribution in [2.75, 3.05) is 44.6 Å². The second-order valence-corrected chi connectivity index (χ2v) is 9.62. The second kappa shape index (κ2) is 9.05. The number of hydrogen-bond acceptors (Lipinski definition) is 5. The highest BCUT2D eigenvalue weighted by Crippen LogP contribution is 2.20. The fourth-order valence-corrected chi connectivity index (χ4v) is 5.53. The summed E-state index contributed by atoms with van der Waals surface area (Å²) in [6.45, 7) is 7.74. The number of benzene rings is 1. The van der Waals surface area contributed by atoms with Crippen LogP contribution in [-0.2, 0) is 19.7 Å². The maximum atomic E-state index is 13.3. The van der Waals surface area contributed by atoms with Crippen LogP contribution in [-0.4, -0.2) is 85.4 Å². The lowest BCUT2D eigenvalue weighted by molar-refractivity contribution is -0.121. The van der Waals surface area contributed by atoms with E-state index in [0.29, 0.717) is 45.0 Å². The van der Waals surface area contributed by atoms with Crippen LogP contribution in [0.2, 0.25) is 0 Å². The van der Waals surface area contributed by atoms with Crippen molar-refractivity contribution in [3.8, 4) is 0 Å². The van der Waals surface area contributed by atoms with Crippen LogP contribution in [0, 0.1) is 5.82 Å². The maximum Gasteiger partial charge on any atom is 0.282 e. The first-order valence-corrected chi connectivity index (χ1v) is 11.3. The molecule has 0 saturated carbocycles. The Morgan fingerprint density at radius 3 is 2.34 bits per heavy atom. The van der Waals surface area contributed by atoms with Crippen LogP contribution in [0.5, 0.6) is 0 Å². The fraction of sp³-hybridized carbons (Fsp3) is 0.632. The van der Waals surface area contributed by atoms with Gasteiger partial charge in [0.1, 0.15) is 5.82 Å². The molecular formula is C19H29FN4O4S. The molecule has 1 N–H and O–H groups in total. The monoisotopic (exact) mass is 428 g/mol. The van der Waals surface area contributed by atoms with Crippen LogP contribution in [0.15, 0.2) is 24.3 Å². The lowest BCUT2D eigenvalue weighted by Gasteiger charge is -2.41. The summed E-state index contributed by atoms with van der Waals surface area (Å²) in [7, 11) is -3.56. The summed E-state index contributed by atoms with van der Waals surface area (Å²) in [5.41, 5.74) is 0.402. The van der Waals surface area contributed by atoms with E-state index in [0.717, 1.165) is 0 Å². The molecule has 1 aromatic rings. The van der Waals surface area contributed by atoms with Crippen molar-refractivity contribution in [2.45, 2.75) is 39.0 Å². The fourth-order valence-electron chi connectivity index (χ4n) is 3.78. The zero-order valence-corrected chi connectivity index (χ0v) is 17.9. The Morgan fingerprint density at radius 1 is 1.14 bits per heavy atom. The van der Waals surface area contributed by atoms with Crippen molar-refractivity contribution in [3.63, 3.8) is 0 Å². The Bertz CT molecular complexity index is 819. The zero-order chi connectivity index (χ0) is 21.2. The summed E-state index contributed by atoms with van der Waals surface area (Å²) >= 11 is 0. The van der Waals surface area contributed by atoms with Crippen molar-refractivity contribution in [2.24, 2.45) is 0 Å². The number of piperazine rings is 1. The van der Waals surface area contributed by atoms with Crippen LogP contribution in [0.4, 0.5) is 10.1 Å². The van der Waals surface area contributed by atoms with Gasteiger partial charge in [-0.25, -0.2) is 4.39 Å². The summed E-state index contributed by atoms with van der Waals surface area (Å²) in [4.78, 5) is 14.4. The van der Waals surface area contributed by atoms with Gasteiger partial charge in [0, 0.05) is 45.0 Å². The van der Waals surface area contributed by atoms with E-state index in [-0.39, 0.29) is 18.1 Å². The summed E-state index contributed by atoms with van der Waals surface area (Å²) in [6.07, 6.45) is -0.275. The summed E-state index contributed by atoms with van der Waals surface area (Å²) in [6, 6.07) is 5.29. The number of rotatable bonds is 5. The zero-order valence-electron chi connectivity index (χ0n) is 17.0. The minimum Gasteiger partial charge on any atom is -0.373 e. The quantitative estimate of drug-likeness (QED) is 0.760. The molecule has 0 unspecified atom stereocenters. The third kappa shape index (κ3) is 5.32. The van der Waals surface area contributed by atoms with E-state index in [2.05, 4.69) is 5.32 Å². The number of ether oxygens (including phenoxy) is 1. The second-order valence-electron chi connectivity index (χ2n) is 7.69. The number of anilines is 1. The molecule has 2 aliphatic rings. The highest BCUT2D eigenvalue weighted by atomic mass is 32.2. The van der Waals surface area contributed by atoms with Crippen molar-refractivity contribution >= 4 is 21.8 Å².